The normalized spacial score (nSPS) is 21.5. The Morgan fingerprint density at radius 1 is 1.12 bits per heavy atom. The smallest absolute Gasteiger partial charge is 0.243 e. The summed E-state index contributed by atoms with van der Waals surface area (Å²) in [6, 6.07) is 12.9. The zero-order valence-corrected chi connectivity index (χ0v) is 16.4. The minimum atomic E-state index is -3.59. The zero-order chi connectivity index (χ0) is 18.9. The van der Waals surface area contributed by atoms with Crippen molar-refractivity contribution in [2.75, 3.05) is 20.3 Å². The molecule has 0 N–H and O–H groups in total. The van der Waals surface area contributed by atoms with Crippen molar-refractivity contribution in [3.8, 4) is 5.75 Å². The van der Waals surface area contributed by atoms with Crippen LogP contribution in [0.25, 0.3) is 0 Å². The van der Waals surface area contributed by atoms with Crippen molar-refractivity contribution in [2.24, 2.45) is 0 Å². The summed E-state index contributed by atoms with van der Waals surface area (Å²) in [5.41, 5.74) is 2.64. The molecule has 5 nitrogen and oxygen atoms in total. The predicted molar refractivity (Wildman–Crippen MR) is 101 cm³/mol. The number of methoxy groups -OCH3 is 1. The number of benzene rings is 2. The maximum absolute atomic E-state index is 13.3. The number of hydrogen-bond donors (Lipinski definition) is 0. The number of aryl methyl sites for hydroxylation is 2. The lowest BCUT2D eigenvalue weighted by Gasteiger charge is -2.37. The van der Waals surface area contributed by atoms with Crippen LogP contribution in [0.2, 0.25) is 0 Å². The molecule has 0 radical (unpaired) electrons. The van der Waals surface area contributed by atoms with Gasteiger partial charge in [-0.3, -0.25) is 0 Å². The summed E-state index contributed by atoms with van der Waals surface area (Å²) in [6.45, 7) is 6.27. The number of rotatable bonds is 4. The van der Waals surface area contributed by atoms with E-state index in [2.05, 4.69) is 0 Å². The van der Waals surface area contributed by atoms with Gasteiger partial charge < -0.3 is 9.47 Å². The Morgan fingerprint density at radius 2 is 1.81 bits per heavy atom. The van der Waals surface area contributed by atoms with E-state index in [9.17, 15) is 8.42 Å². The van der Waals surface area contributed by atoms with Gasteiger partial charge in [0.2, 0.25) is 10.0 Å². The van der Waals surface area contributed by atoms with Crippen LogP contribution in [0.1, 0.15) is 29.7 Å². The van der Waals surface area contributed by atoms with E-state index in [1.54, 1.807) is 17.5 Å². The first kappa shape index (κ1) is 18.9. The van der Waals surface area contributed by atoms with Crippen LogP contribution in [0, 0.1) is 13.8 Å². The van der Waals surface area contributed by atoms with Crippen molar-refractivity contribution < 1.29 is 17.9 Å². The van der Waals surface area contributed by atoms with Gasteiger partial charge in [-0.2, -0.15) is 4.31 Å². The van der Waals surface area contributed by atoms with Crippen LogP contribution >= 0.6 is 0 Å². The van der Waals surface area contributed by atoms with Gasteiger partial charge in [-0.15, -0.1) is 0 Å². The molecule has 2 aromatic rings. The molecule has 1 fully saturated rings. The van der Waals surface area contributed by atoms with Gasteiger partial charge in [0.1, 0.15) is 5.75 Å². The fraction of sp³-hybridized carbons (Fsp3) is 0.400. The molecule has 1 saturated heterocycles. The van der Waals surface area contributed by atoms with Crippen LogP contribution in [-0.2, 0) is 14.8 Å². The third-order valence-corrected chi connectivity index (χ3v) is 6.92. The van der Waals surface area contributed by atoms with Gasteiger partial charge in [0.05, 0.1) is 24.7 Å². The Bertz CT molecular complexity index is 877. The summed E-state index contributed by atoms with van der Waals surface area (Å²) in [6.07, 6.45) is -0.294. The third-order valence-electron chi connectivity index (χ3n) is 4.79. The van der Waals surface area contributed by atoms with Crippen LogP contribution in [0.15, 0.2) is 47.4 Å². The molecular formula is C20H25NO4S. The molecule has 0 aromatic heterocycles. The topological polar surface area (TPSA) is 55.8 Å². The molecule has 0 saturated carbocycles. The van der Waals surface area contributed by atoms with Crippen molar-refractivity contribution in [3.63, 3.8) is 0 Å². The molecule has 1 aliphatic heterocycles. The second kappa shape index (κ2) is 7.39. The Kier molecular flexibility index (Phi) is 5.37. The van der Waals surface area contributed by atoms with Crippen LogP contribution in [-0.4, -0.2) is 39.0 Å². The lowest BCUT2D eigenvalue weighted by atomic mass is 10.1. The standard InChI is InChI=1S/C20H25NO4S/c1-14-5-6-15(2)20(11-14)26(22,23)21-12-19(25-13-16(21)3)17-7-9-18(24-4)10-8-17/h5-11,16,19H,12-13H2,1-4H3. The summed E-state index contributed by atoms with van der Waals surface area (Å²) >= 11 is 0. The predicted octanol–water partition coefficient (Wildman–Crippen LogP) is 3.46. The summed E-state index contributed by atoms with van der Waals surface area (Å²) < 4.78 is 39.3. The van der Waals surface area contributed by atoms with Crippen molar-refractivity contribution in [1.29, 1.82) is 0 Å². The van der Waals surface area contributed by atoms with Crippen molar-refractivity contribution in [1.82, 2.24) is 4.31 Å². The minimum absolute atomic E-state index is 0.214. The average Bonchev–Trinajstić information content (AvgIpc) is 2.64. The van der Waals surface area contributed by atoms with E-state index in [1.165, 1.54) is 0 Å². The lowest BCUT2D eigenvalue weighted by molar-refractivity contribution is -0.0288. The van der Waals surface area contributed by atoms with Crippen LogP contribution in [0.4, 0.5) is 0 Å². The second-order valence-electron chi connectivity index (χ2n) is 6.79. The first-order valence-corrected chi connectivity index (χ1v) is 10.1. The molecule has 0 amide bonds. The number of hydrogen-bond acceptors (Lipinski definition) is 4. The second-order valence-corrected chi connectivity index (χ2v) is 8.65. The third kappa shape index (κ3) is 3.63. The fourth-order valence-electron chi connectivity index (χ4n) is 3.20. The number of nitrogens with zero attached hydrogens (tertiary/aromatic N) is 1. The SMILES string of the molecule is COc1ccc(C2CN(S(=O)(=O)c3cc(C)ccc3C)C(C)CO2)cc1. The molecule has 1 heterocycles. The van der Waals surface area contributed by atoms with Crippen molar-refractivity contribution in [3.05, 3.63) is 59.2 Å². The molecule has 0 spiro atoms. The molecule has 0 bridgehead atoms. The Balaban J connectivity index is 1.91. The van der Waals surface area contributed by atoms with E-state index in [4.69, 9.17) is 9.47 Å². The van der Waals surface area contributed by atoms with Gasteiger partial charge in [-0.1, -0.05) is 24.3 Å². The van der Waals surface area contributed by atoms with Crippen molar-refractivity contribution >= 4 is 10.0 Å². The maximum atomic E-state index is 13.3. The molecule has 1 aliphatic rings. The van der Waals surface area contributed by atoms with Gasteiger partial charge in [-0.25, -0.2) is 8.42 Å². The Morgan fingerprint density at radius 3 is 2.46 bits per heavy atom. The molecule has 3 rings (SSSR count). The lowest BCUT2D eigenvalue weighted by Crippen LogP contribution is -2.48. The molecule has 2 aromatic carbocycles. The fourth-order valence-corrected chi connectivity index (χ4v) is 5.13. The summed E-state index contributed by atoms with van der Waals surface area (Å²) in [5, 5.41) is 0. The maximum Gasteiger partial charge on any atom is 0.243 e. The van der Waals surface area contributed by atoms with Gasteiger partial charge >= 0.3 is 0 Å². The zero-order valence-electron chi connectivity index (χ0n) is 15.6. The number of sulfonamides is 1. The van der Waals surface area contributed by atoms with Crippen LogP contribution in [0.3, 0.4) is 0 Å². The molecule has 0 aliphatic carbocycles. The van der Waals surface area contributed by atoms with E-state index in [0.29, 0.717) is 18.0 Å². The molecule has 6 heteroatoms. The van der Waals surface area contributed by atoms with Crippen LogP contribution in [0.5, 0.6) is 5.75 Å². The molecular weight excluding hydrogens is 350 g/mol. The molecule has 2 unspecified atom stereocenters. The highest BCUT2D eigenvalue weighted by Crippen LogP contribution is 2.31. The summed E-state index contributed by atoms with van der Waals surface area (Å²) in [7, 11) is -1.97. The average molecular weight is 375 g/mol. The minimum Gasteiger partial charge on any atom is -0.497 e. The van der Waals surface area contributed by atoms with E-state index in [1.807, 2.05) is 57.2 Å². The van der Waals surface area contributed by atoms with E-state index in [-0.39, 0.29) is 12.1 Å². The Labute approximate surface area is 155 Å². The van der Waals surface area contributed by atoms with Gasteiger partial charge in [-0.05, 0) is 55.7 Å². The van der Waals surface area contributed by atoms with E-state index >= 15 is 0 Å². The number of morpholine rings is 1. The molecule has 26 heavy (non-hydrogen) atoms. The highest BCUT2D eigenvalue weighted by atomic mass is 32.2. The van der Waals surface area contributed by atoms with E-state index in [0.717, 1.165) is 22.4 Å². The van der Waals surface area contributed by atoms with Gasteiger partial charge in [0.25, 0.3) is 0 Å². The quantitative estimate of drug-likeness (QED) is 0.821. The summed E-state index contributed by atoms with van der Waals surface area (Å²) in [5.74, 6) is 0.762. The Hall–Kier alpha value is -1.89. The highest BCUT2D eigenvalue weighted by Gasteiger charge is 2.36. The highest BCUT2D eigenvalue weighted by molar-refractivity contribution is 7.89. The van der Waals surface area contributed by atoms with Gasteiger partial charge in [0, 0.05) is 12.6 Å². The largest absolute Gasteiger partial charge is 0.497 e. The first-order valence-electron chi connectivity index (χ1n) is 8.67. The summed E-state index contributed by atoms with van der Waals surface area (Å²) in [4.78, 5) is 0.375. The number of ether oxygens (including phenoxy) is 2. The molecule has 2 atom stereocenters. The van der Waals surface area contributed by atoms with Crippen LogP contribution < -0.4 is 4.74 Å². The van der Waals surface area contributed by atoms with E-state index < -0.39 is 10.0 Å². The molecule has 140 valence electrons. The first-order chi connectivity index (χ1) is 12.3. The van der Waals surface area contributed by atoms with Gasteiger partial charge in [0.15, 0.2) is 0 Å². The monoisotopic (exact) mass is 375 g/mol. The van der Waals surface area contributed by atoms with Crippen molar-refractivity contribution in [2.45, 2.75) is 37.8 Å².